The zero-order valence-corrected chi connectivity index (χ0v) is 14.4. The maximum atomic E-state index is 12.9. The summed E-state index contributed by atoms with van der Waals surface area (Å²) in [7, 11) is 0. The van der Waals surface area contributed by atoms with E-state index >= 15 is 0 Å². The van der Waals surface area contributed by atoms with Gasteiger partial charge in [0.15, 0.2) is 0 Å². The van der Waals surface area contributed by atoms with Crippen molar-refractivity contribution in [2.45, 2.75) is 19.5 Å². The molecule has 2 aromatic carbocycles. The molecule has 2 rings (SSSR count). The average Bonchev–Trinajstić information content (AvgIpc) is 2.61. The molecule has 0 fully saturated rings. The summed E-state index contributed by atoms with van der Waals surface area (Å²) in [4.78, 5) is 25.1. The minimum atomic E-state index is -4.53. The maximum Gasteiger partial charge on any atom is 0.416 e. The number of nitriles is 1. The number of anilines is 2. The van der Waals surface area contributed by atoms with E-state index in [1.807, 2.05) is 6.07 Å². The van der Waals surface area contributed by atoms with Crippen LogP contribution in [0.15, 0.2) is 48.5 Å². The third-order valence-corrected chi connectivity index (χ3v) is 3.75. The molecule has 2 aromatic rings. The van der Waals surface area contributed by atoms with E-state index in [4.69, 9.17) is 5.26 Å². The minimum Gasteiger partial charge on any atom is -0.325 e. The smallest absolute Gasteiger partial charge is 0.325 e. The number of carbonyl (C=O) groups is 2. The van der Waals surface area contributed by atoms with Crippen LogP contribution in [-0.4, -0.2) is 18.4 Å². The molecule has 0 bridgehead atoms. The highest BCUT2D eigenvalue weighted by Crippen LogP contribution is 2.31. The molecule has 0 radical (unpaired) electrons. The Morgan fingerprint density at radius 1 is 1.15 bits per heavy atom. The number of benzene rings is 2. The van der Waals surface area contributed by atoms with Gasteiger partial charge in [-0.3, -0.25) is 9.59 Å². The average molecular weight is 375 g/mol. The second-order valence-electron chi connectivity index (χ2n) is 5.67. The van der Waals surface area contributed by atoms with Gasteiger partial charge in [-0.25, -0.2) is 0 Å². The van der Waals surface area contributed by atoms with Gasteiger partial charge in [-0.15, -0.1) is 0 Å². The fourth-order valence-corrected chi connectivity index (χ4v) is 2.43. The fraction of sp³-hybridized carbons (Fsp3) is 0.211. The molecule has 2 amide bonds. The van der Waals surface area contributed by atoms with E-state index in [2.05, 4.69) is 5.32 Å². The van der Waals surface area contributed by atoms with Gasteiger partial charge in [-0.1, -0.05) is 18.2 Å². The van der Waals surface area contributed by atoms with Crippen LogP contribution in [0.3, 0.4) is 0 Å². The number of hydrogen-bond donors (Lipinski definition) is 1. The van der Waals surface area contributed by atoms with Crippen LogP contribution in [-0.2, 0) is 15.8 Å². The first-order chi connectivity index (χ1) is 12.7. The van der Waals surface area contributed by atoms with Gasteiger partial charge in [0.1, 0.15) is 6.07 Å². The third-order valence-electron chi connectivity index (χ3n) is 3.75. The second kappa shape index (κ2) is 8.36. The second-order valence-corrected chi connectivity index (χ2v) is 5.67. The molecular formula is C19H16F3N3O2. The molecule has 1 N–H and O–H groups in total. The first-order valence-electron chi connectivity index (χ1n) is 7.96. The lowest BCUT2D eigenvalue weighted by molar-refractivity contribution is -0.137. The zero-order chi connectivity index (χ0) is 20.0. The number of hydrogen-bond acceptors (Lipinski definition) is 3. The Balaban J connectivity index is 2.10. The Morgan fingerprint density at radius 3 is 2.48 bits per heavy atom. The van der Waals surface area contributed by atoms with Crippen molar-refractivity contribution in [3.05, 3.63) is 59.7 Å². The van der Waals surface area contributed by atoms with Crippen molar-refractivity contribution in [3.63, 3.8) is 0 Å². The summed E-state index contributed by atoms with van der Waals surface area (Å²) >= 11 is 0. The molecule has 140 valence electrons. The van der Waals surface area contributed by atoms with Crippen molar-refractivity contribution in [1.29, 1.82) is 5.26 Å². The van der Waals surface area contributed by atoms with Gasteiger partial charge in [0.05, 0.1) is 16.8 Å². The van der Waals surface area contributed by atoms with E-state index in [-0.39, 0.29) is 24.2 Å². The first-order valence-corrected chi connectivity index (χ1v) is 7.96. The van der Waals surface area contributed by atoms with E-state index in [1.165, 1.54) is 19.1 Å². The van der Waals surface area contributed by atoms with E-state index < -0.39 is 23.6 Å². The Morgan fingerprint density at radius 2 is 1.85 bits per heavy atom. The number of carbonyl (C=O) groups excluding carboxylic acids is 2. The number of rotatable bonds is 5. The Bertz CT molecular complexity index is 888. The van der Waals surface area contributed by atoms with E-state index in [9.17, 15) is 22.8 Å². The van der Waals surface area contributed by atoms with Gasteiger partial charge in [-0.2, -0.15) is 18.4 Å². The van der Waals surface area contributed by atoms with Crippen LogP contribution in [0.25, 0.3) is 0 Å². The first kappa shape index (κ1) is 20.0. The van der Waals surface area contributed by atoms with Crippen LogP contribution in [0.1, 0.15) is 24.5 Å². The number of para-hydroxylation sites is 1. The van der Waals surface area contributed by atoms with Gasteiger partial charge in [0.25, 0.3) is 0 Å². The summed E-state index contributed by atoms with van der Waals surface area (Å²) in [5, 5.41) is 11.6. The van der Waals surface area contributed by atoms with Gasteiger partial charge < -0.3 is 10.2 Å². The van der Waals surface area contributed by atoms with Crippen molar-refractivity contribution in [3.8, 4) is 6.07 Å². The van der Waals surface area contributed by atoms with Gasteiger partial charge in [0, 0.05) is 25.6 Å². The standard InChI is InChI=1S/C19H16F3N3O2/c1-13(26)25(16-7-4-6-15(11-16)19(20,21)22)10-9-18(27)24-17-8-3-2-5-14(17)12-23/h2-8,11H,9-10H2,1H3,(H,24,27). The minimum absolute atomic E-state index is 0.0579. The molecule has 0 unspecified atom stereocenters. The summed E-state index contributed by atoms with van der Waals surface area (Å²) in [5.74, 6) is -0.949. The Hall–Kier alpha value is -3.34. The molecule has 0 heterocycles. The molecule has 0 aliphatic rings. The molecule has 0 aliphatic heterocycles. The summed E-state index contributed by atoms with van der Waals surface area (Å²) in [6.45, 7) is 1.11. The Kier molecular flexibility index (Phi) is 6.19. The fourth-order valence-electron chi connectivity index (χ4n) is 2.43. The van der Waals surface area contributed by atoms with E-state index in [0.717, 1.165) is 17.0 Å². The van der Waals surface area contributed by atoms with Crippen LogP contribution in [0.5, 0.6) is 0 Å². The third kappa shape index (κ3) is 5.31. The number of alkyl halides is 3. The monoisotopic (exact) mass is 375 g/mol. The van der Waals surface area contributed by atoms with Crippen LogP contribution < -0.4 is 10.2 Å². The summed E-state index contributed by atoms with van der Waals surface area (Å²) in [6, 6.07) is 12.7. The quantitative estimate of drug-likeness (QED) is 0.860. The van der Waals surface area contributed by atoms with Crippen molar-refractivity contribution < 1.29 is 22.8 Å². The van der Waals surface area contributed by atoms with Crippen molar-refractivity contribution in [1.82, 2.24) is 0 Å². The molecule has 0 spiro atoms. The zero-order valence-electron chi connectivity index (χ0n) is 14.4. The highest BCUT2D eigenvalue weighted by molar-refractivity contribution is 5.95. The SMILES string of the molecule is CC(=O)N(CCC(=O)Nc1ccccc1C#N)c1cccc(C(F)(F)F)c1. The van der Waals surface area contributed by atoms with Crippen LogP contribution >= 0.6 is 0 Å². The lowest BCUT2D eigenvalue weighted by atomic mass is 10.1. The van der Waals surface area contributed by atoms with Gasteiger partial charge >= 0.3 is 6.18 Å². The van der Waals surface area contributed by atoms with Crippen molar-refractivity contribution >= 4 is 23.2 Å². The molecule has 0 aromatic heterocycles. The van der Waals surface area contributed by atoms with Crippen LogP contribution in [0, 0.1) is 11.3 Å². The summed E-state index contributed by atoms with van der Waals surface area (Å²) in [6.07, 6.45) is -4.67. The van der Waals surface area contributed by atoms with Crippen molar-refractivity contribution in [2.24, 2.45) is 0 Å². The Labute approximate surface area is 154 Å². The normalized spacial score (nSPS) is 10.8. The molecule has 27 heavy (non-hydrogen) atoms. The molecule has 5 nitrogen and oxygen atoms in total. The predicted octanol–water partition coefficient (Wildman–Crippen LogP) is 3.96. The van der Waals surface area contributed by atoms with E-state index in [1.54, 1.807) is 24.3 Å². The molecule has 8 heteroatoms. The van der Waals surface area contributed by atoms with Crippen molar-refractivity contribution in [2.75, 3.05) is 16.8 Å². The largest absolute Gasteiger partial charge is 0.416 e. The maximum absolute atomic E-state index is 12.9. The highest BCUT2D eigenvalue weighted by atomic mass is 19.4. The predicted molar refractivity (Wildman–Crippen MR) is 93.9 cm³/mol. The van der Waals surface area contributed by atoms with Gasteiger partial charge in [0.2, 0.25) is 11.8 Å². The molecule has 0 saturated carbocycles. The lowest BCUT2D eigenvalue weighted by Crippen LogP contribution is -2.32. The highest BCUT2D eigenvalue weighted by Gasteiger charge is 2.31. The number of halogens is 3. The van der Waals surface area contributed by atoms with Crippen LogP contribution in [0.2, 0.25) is 0 Å². The number of nitrogens with zero attached hydrogens (tertiary/aromatic N) is 2. The molecule has 0 saturated heterocycles. The lowest BCUT2D eigenvalue weighted by Gasteiger charge is -2.22. The van der Waals surface area contributed by atoms with Crippen LogP contribution in [0.4, 0.5) is 24.5 Å². The summed E-state index contributed by atoms with van der Waals surface area (Å²) < 4.78 is 38.6. The number of nitrogens with one attached hydrogen (secondary N) is 1. The van der Waals surface area contributed by atoms with E-state index in [0.29, 0.717) is 5.69 Å². The molecule has 0 aliphatic carbocycles. The molecule has 0 atom stereocenters. The molecular weight excluding hydrogens is 359 g/mol. The summed E-state index contributed by atoms with van der Waals surface area (Å²) in [5.41, 5.74) is -0.202. The van der Waals surface area contributed by atoms with Gasteiger partial charge in [-0.05, 0) is 30.3 Å². The number of amides is 2. The topological polar surface area (TPSA) is 73.2 Å².